The molecule has 1 aromatic heterocycles. The van der Waals surface area contributed by atoms with Crippen molar-refractivity contribution in [3.63, 3.8) is 0 Å². The highest BCUT2D eigenvalue weighted by Gasteiger charge is 2.15. The molecule has 1 heterocycles. The molecule has 28 heavy (non-hydrogen) atoms. The summed E-state index contributed by atoms with van der Waals surface area (Å²) in [5.41, 5.74) is 5.57. The fourth-order valence-electron chi connectivity index (χ4n) is 3.54. The molecule has 0 aliphatic heterocycles. The third-order valence-corrected chi connectivity index (χ3v) is 4.81. The van der Waals surface area contributed by atoms with Crippen LogP contribution in [0.5, 0.6) is 5.75 Å². The zero-order valence-electron chi connectivity index (χ0n) is 15.6. The summed E-state index contributed by atoms with van der Waals surface area (Å²) in [5.74, 6) is -0.0827. The van der Waals surface area contributed by atoms with E-state index in [1.165, 1.54) is 0 Å². The first-order chi connectivity index (χ1) is 13.7. The van der Waals surface area contributed by atoms with Crippen molar-refractivity contribution in [3.05, 3.63) is 89.5 Å². The number of hydrogen-bond donors (Lipinski definition) is 2. The summed E-state index contributed by atoms with van der Waals surface area (Å²) in [4.78, 5) is 14.9. The number of carboxylic acid groups (broad SMARTS) is 1. The minimum Gasteiger partial charge on any atom is -0.494 e. The number of hydrogen-bond acceptors (Lipinski definition) is 2. The number of nitrogens with one attached hydrogen (secondary N) is 1. The van der Waals surface area contributed by atoms with Crippen molar-refractivity contribution in [1.29, 1.82) is 0 Å². The first-order valence-electron chi connectivity index (χ1n) is 9.30. The quantitative estimate of drug-likeness (QED) is 0.469. The van der Waals surface area contributed by atoms with Gasteiger partial charge in [-0.25, -0.2) is 4.79 Å². The second-order valence-electron chi connectivity index (χ2n) is 6.67. The summed E-state index contributed by atoms with van der Waals surface area (Å²) in [5, 5.41) is 10.4. The highest BCUT2D eigenvalue weighted by Crippen LogP contribution is 2.34. The molecule has 140 valence electrons. The van der Waals surface area contributed by atoms with E-state index in [2.05, 4.69) is 23.2 Å². The third kappa shape index (κ3) is 3.49. The van der Waals surface area contributed by atoms with Crippen LogP contribution in [-0.4, -0.2) is 22.7 Å². The Morgan fingerprint density at radius 1 is 1.00 bits per heavy atom. The van der Waals surface area contributed by atoms with Crippen molar-refractivity contribution in [3.8, 4) is 17.0 Å². The molecule has 0 radical (unpaired) electrons. The largest absolute Gasteiger partial charge is 0.494 e. The van der Waals surface area contributed by atoms with E-state index in [0.717, 1.165) is 39.0 Å². The lowest BCUT2D eigenvalue weighted by Gasteiger charge is -2.07. The zero-order chi connectivity index (χ0) is 19.5. The number of ether oxygens (including phenoxy) is 1. The van der Waals surface area contributed by atoms with E-state index >= 15 is 0 Å². The molecule has 0 fully saturated rings. The fraction of sp³-hybridized carbons (Fsp3) is 0.125. The first kappa shape index (κ1) is 17.9. The SMILES string of the molecule is CCOc1ccc2c(Cc3cccc(C(=O)O)c3)c(-c3ccccc3)[nH]c2c1. The molecule has 0 aliphatic rings. The molecular formula is C24H21NO3. The second kappa shape index (κ2) is 7.61. The van der Waals surface area contributed by atoms with Crippen molar-refractivity contribution in [2.24, 2.45) is 0 Å². The van der Waals surface area contributed by atoms with E-state index in [4.69, 9.17) is 4.74 Å². The maximum absolute atomic E-state index is 11.3. The molecule has 0 bridgehead atoms. The van der Waals surface area contributed by atoms with Crippen LogP contribution in [0.25, 0.3) is 22.2 Å². The number of aromatic amines is 1. The molecule has 4 nitrogen and oxygen atoms in total. The maximum Gasteiger partial charge on any atom is 0.335 e. The lowest BCUT2D eigenvalue weighted by Crippen LogP contribution is -1.98. The summed E-state index contributed by atoms with van der Waals surface area (Å²) in [6.45, 7) is 2.59. The Morgan fingerprint density at radius 2 is 1.82 bits per heavy atom. The molecule has 3 aromatic carbocycles. The number of benzene rings is 3. The minimum atomic E-state index is -0.912. The highest BCUT2D eigenvalue weighted by atomic mass is 16.5. The maximum atomic E-state index is 11.3. The molecule has 0 saturated carbocycles. The molecular weight excluding hydrogens is 350 g/mol. The number of aromatic nitrogens is 1. The Hall–Kier alpha value is -3.53. The van der Waals surface area contributed by atoms with Crippen molar-refractivity contribution in [2.75, 3.05) is 6.61 Å². The summed E-state index contributed by atoms with van der Waals surface area (Å²) in [6, 6.07) is 23.4. The number of carbonyl (C=O) groups is 1. The third-order valence-electron chi connectivity index (χ3n) is 4.81. The van der Waals surface area contributed by atoms with Gasteiger partial charge in [-0.1, -0.05) is 42.5 Å². The van der Waals surface area contributed by atoms with Gasteiger partial charge in [0.05, 0.1) is 17.9 Å². The highest BCUT2D eigenvalue weighted by molar-refractivity contribution is 5.92. The van der Waals surface area contributed by atoms with Crippen LogP contribution in [0.2, 0.25) is 0 Å². The average molecular weight is 371 g/mol. The summed E-state index contributed by atoms with van der Waals surface area (Å²) in [7, 11) is 0. The van der Waals surface area contributed by atoms with Gasteiger partial charge in [0.2, 0.25) is 0 Å². The number of fused-ring (bicyclic) bond motifs is 1. The standard InChI is InChI=1S/C24H21NO3/c1-2-28-19-11-12-20-21(14-16-7-6-10-18(13-16)24(26)27)23(25-22(20)15-19)17-8-4-3-5-9-17/h3-13,15,25H,2,14H2,1H3,(H,26,27). The molecule has 4 aromatic rings. The van der Waals surface area contributed by atoms with Gasteiger partial charge in [-0.2, -0.15) is 0 Å². The number of H-pyrrole nitrogens is 1. The van der Waals surface area contributed by atoms with Crippen LogP contribution in [0.3, 0.4) is 0 Å². The summed E-state index contributed by atoms with van der Waals surface area (Å²) >= 11 is 0. The Labute approximate surface area is 163 Å². The summed E-state index contributed by atoms with van der Waals surface area (Å²) < 4.78 is 5.64. The second-order valence-corrected chi connectivity index (χ2v) is 6.67. The molecule has 4 rings (SSSR count). The summed E-state index contributed by atoms with van der Waals surface area (Å²) in [6.07, 6.45) is 0.638. The molecule has 0 amide bonds. The van der Waals surface area contributed by atoms with Crippen LogP contribution in [0.15, 0.2) is 72.8 Å². The zero-order valence-corrected chi connectivity index (χ0v) is 15.6. The van der Waals surface area contributed by atoms with Gasteiger partial charge in [-0.05, 0) is 47.9 Å². The average Bonchev–Trinajstić information content (AvgIpc) is 3.07. The van der Waals surface area contributed by atoms with Crippen molar-refractivity contribution >= 4 is 16.9 Å². The normalized spacial score (nSPS) is 10.9. The molecule has 0 spiro atoms. The van der Waals surface area contributed by atoms with Gasteiger partial charge < -0.3 is 14.8 Å². The van der Waals surface area contributed by atoms with E-state index < -0.39 is 5.97 Å². The van der Waals surface area contributed by atoms with E-state index in [1.54, 1.807) is 18.2 Å². The van der Waals surface area contributed by atoms with Gasteiger partial charge in [-0.3, -0.25) is 0 Å². The van der Waals surface area contributed by atoms with E-state index in [1.807, 2.05) is 43.3 Å². The first-order valence-corrected chi connectivity index (χ1v) is 9.30. The molecule has 0 unspecified atom stereocenters. The molecule has 2 N–H and O–H groups in total. The van der Waals surface area contributed by atoms with Gasteiger partial charge in [0.1, 0.15) is 5.75 Å². The van der Waals surface area contributed by atoms with Crippen molar-refractivity contribution in [1.82, 2.24) is 4.98 Å². The monoisotopic (exact) mass is 371 g/mol. The smallest absolute Gasteiger partial charge is 0.335 e. The van der Waals surface area contributed by atoms with Gasteiger partial charge in [-0.15, -0.1) is 0 Å². The number of aromatic carboxylic acids is 1. The van der Waals surface area contributed by atoms with Crippen LogP contribution < -0.4 is 4.74 Å². The molecule has 0 aliphatic carbocycles. The Morgan fingerprint density at radius 3 is 2.57 bits per heavy atom. The fourth-order valence-corrected chi connectivity index (χ4v) is 3.54. The Balaban J connectivity index is 1.85. The van der Waals surface area contributed by atoms with Crippen LogP contribution in [0.4, 0.5) is 0 Å². The lowest BCUT2D eigenvalue weighted by atomic mass is 9.97. The molecule has 0 saturated heterocycles. The number of rotatable bonds is 6. The predicted molar refractivity (Wildman–Crippen MR) is 111 cm³/mol. The van der Waals surface area contributed by atoms with Crippen LogP contribution in [-0.2, 0) is 6.42 Å². The Bertz CT molecular complexity index is 1130. The van der Waals surface area contributed by atoms with Crippen LogP contribution in [0, 0.1) is 0 Å². The van der Waals surface area contributed by atoms with Crippen LogP contribution in [0.1, 0.15) is 28.4 Å². The van der Waals surface area contributed by atoms with Crippen LogP contribution >= 0.6 is 0 Å². The van der Waals surface area contributed by atoms with E-state index in [9.17, 15) is 9.90 Å². The van der Waals surface area contributed by atoms with Gasteiger partial charge in [0, 0.05) is 23.4 Å². The predicted octanol–water partition coefficient (Wildman–Crippen LogP) is 5.52. The molecule has 4 heteroatoms. The topological polar surface area (TPSA) is 62.3 Å². The van der Waals surface area contributed by atoms with Gasteiger partial charge in [0.25, 0.3) is 0 Å². The lowest BCUT2D eigenvalue weighted by molar-refractivity contribution is 0.0696. The van der Waals surface area contributed by atoms with Crippen molar-refractivity contribution in [2.45, 2.75) is 13.3 Å². The minimum absolute atomic E-state index is 0.303. The van der Waals surface area contributed by atoms with Gasteiger partial charge >= 0.3 is 5.97 Å². The van der Waals surface area contributed by atoms with Gasteiger partial charge in [0.15, 0.2) is 0 Å². The van der Waals surface area contributed by atoms with Crippen molar-refractivity contribution < 1.29 is 14.6 Å². The number of carboxylic acids is 1. The van der Waals surface area contributed by atoms with E-state index in [-0.39, 0.29) is 0 Å². The molecule has 0 atom stereocenters. The van der Waals surface area contributed by atoms with E-state index in [0.29, 0.717) is 18.6 Å². The Kier molecular flexibility index (Phi) is 4.85.